The molecular formula is C12H17NO. The predicted octanol–water partition coefficient (Wildman–Crippen LogP) is 2.72. The summed E-state index contributed by atoms with van der Waals surface area (Å²) in [5, 5.41) is 0. The van der Waals surface area contributed by atoms with Crippen molar-refractivity contribution in [2.45, 2.75) is 31.7 Å². The van der Waals surface area contributed by atoms with Crippen molar-refractivity contribution in [2.75, 3.05) is 0 Å². The molecule has 0 aromatic carbocycles. The van der Waals surface area contributed by atoms with Gasteiger partial charge in [-0.1, -0.05) is 0 Å². The lowest BCUT2D eigenvalue weighted by Gasteiger charge is -2.26. The number of hydrogen-bond acceptors (Lipinski definition) is 2. The van der Waals surface area contributed by atoms with E-state index >= 15 is 0 Å². The van der Waals surface area contributed by atoms with Gasteiger partial charge in [-0.25, -0.2) is 0 Å². The monoisotopic (exact) mass is 191 g/mol. The van der Waals surface area contributed by atoms with Crippen LogP contribution < -0.4 is 5.73 Å². The van der Waals surface area contributed by atoms with Gasteiger partial charge < -0.3 is 10.2 Å². The lowest BCUT2D eigenvalue weighted by atomic mass is 9.82. The minimum Gasteiger partial charge on any atom is -0.472 e. The standard InChI is InChI=1S/C12H17NO/c13-12(10-3-4-14-7-10)9-2-1-8-5-11(8)6-9/h3-4,7-9,11-12H,1-2,5-6,13H2. The average molecular weight is 191 g/mol. The van der Waals surface area contributed by atoms with Crippen LogP contribution in [0.15, 0.2) is 23.0 Å². The first-order chi connectivity index (χ1) is 6.84. The van der Waals surface area contributed by atoms with Crippen LogP contribution in [-0.2, 0) is 0 Å². The molecule has 2 saturated carbocycles. The van der Waals surface area contributed by atoms with Crippen molar-refractivity contribution in [3.63, 3.8) is 0 Å². The maximum Gasteiger partial charge on any atom is 0.0950 e. The van der Waals surface area contributed by atoms with Crippen LogP contribution in [0, 0.1) is 17.8 Å². The molecular weight excluding hydrogens is 174 g/mol. The summed E-state index contributed by atoms with van der Waals surface area (Å²) in [6, 6.07) is 2.21. The molecule has 0 bridgehead atoms. The van der Waals surface area contributed by atoms with Gasteiger partial charge in [0.1, 0.15) is 0 Å². The Balaban J connectivity index is 1.69. The van der Waals surface area contributed by atoms with Gasteiger partial charge in [0.25, 0.3) is 0 Å². The second kappa shape index (κ2) is 3.13. The van der Waals surface area contributed by atoms with Crippen molar-refractivity contribution < 1.29 is 4.42 Å². The van der Waals surface area contributed by atoms with Crippen molar-refractivity contribution in [1.29, 1.82) is 0 Å². The van der Waals surface area contributed by atoms with E-state index in [1.54, 1.807) is 12.5 Å². The maximum atomic E-state index is 6.23. The van der Waals surface area contributed by atoms with Crippen LogP contribution in [0.1, 0.15) is 37.3 Å². The Hall–Kier alpha value is -0.760. The molecule has 2 nitrogen and oxygen atoms in total. The Labute approximate surface area is 84.5 Å². The Morgan fingerprint density at radius 1 is 1.29 bits per heavy atom. The molecule has 2 N–H and O–H groups in total. The van der Waals surface area contributed by atoms with Gasteiger partial charge in [0.05, 0.1) is 12.5 Å². The van der Waals surface area contributed by atoms with E-state index in [9.17, 15) is 0 Å². The quantitative estimate of drug-likeness (QED) is 0.780. The maximum absolute atomic E-state index is 6.23. The SMILES string of the molecule is NC(c1ccoc1)C1CCC2CC2C1. The molecule has 4 atom stereocenters. The van der Waals surface area contributed by atoms with Gasteiger partial charge in [-0.15, -0.1) is 0 Å². The average Bonchev–Trinajstić information content (AvgIpc) is 2.78. The molecule has 2 fully saturated rings. The van der Waals surface area contributed by atoms with Crippen molar-refractivity contribution in [3.05, 3.63) is 24.2 Å². The Morgan fingerprint density at radius 3 is 2.93 bits per heavy atom. The lowest BCUT2D eigenvalue weighted by molar-refractivity contribution is 0.295. The Morgan fingerprint density at radius 2 is 2.21 bits per heavy atom. The normalized spacial score (nSPS) is 37.6. The second-order valence-electron chi connectivity index (χ2n) is 4.91. The van der Waals surface area contributed by atoms with Gasteiger partial charge in [-0.2, -0.15) is 0 Å². The molecule has 3 rings (SSSR count). The molecule has 0 amide bonds. The van der Waals surface area contributed by atoms with E-state index < -0.39 is 0 Å². The highest BCUT2D eigenvalue weighted by atomic mass is 16.3. The van der Waals surface area contributed by atoms with E-state index in [-0.39, 0.29) is 6.04 Å². The number of furan rings is 1. The molecule has 4 unspecified atom stereocenters. The summed E-state index contributed by atoms with van der Waals surface area (Å²) in [6.45, 7) is 0. The van der Waals surface area contributed by atoms with Crippen LogP contribution in [0.2, 0.25) is 0 Å². The van der Waals surface area contributed by atoms with Gasteiger partial charge in [-0.3, -0.25) is 0 Å². The third-order valence-corrected chi connectivity index (χ3v) is 4.02. The second-order valence-corrected chi connectivity index (χ2v) is 4.91. The predicted molar refractivity (Wildman–Crippen MR) is 54.6 cm³/mol. The van der Waals surface area contributed by atoms with Crippen LogP contribution in [0.5, 0.6) is 0 Å². The van der Waals surface area contributed by atoms with E-state index in [0.29, 0.717) is 5.92 Å². The summed E-state index contributed by atoms with van der Waals surface area (Å²) < 4.78 is 5.08. The molecule has 1 aromatic rings. The molecule has 2 aliphatic carbocycles. The summed E-state index contributed by atoms with van der Waals surface area (Å²) in [7, 11) is 0. The highest BCUT2D eigenvalue weighted by Crippen LogP contribution is 2.53. The third-order valence-electron chi connectivity index (χ3n) is 4.02. The molecule has 1 aromatic heterocycles. The van der Waals surface area contributed by atoms with Crippen molar-refractivity contribution in [1.82, 2.24) is 0 Å². The largest absolute Gasteiger partial charge is 0.472 e. The molecule has 0 radical (unpaired) electrons. The molecule has 0 saturated heterocycles. The lowest BCUT2D eigenvalue weighted by Crippen LogP contribution is -2.23. The molecule has 0 spiro atoms. The molecule has 2 aliphatic rings. The van der Waals surface area contributed by atoms with Crippen LogP contribution >= 0.6 is 0 Å². The van der Waals surface area contributed by atoms with Crippen LogP contribution in [0.4, 0.5) is 0 Å². The van der Waals surface area contributed by atoms with Gasteiger partial charge in [0.15, 0.2) is 0 Å². The highest BCUT2D eigenvalue weighted by Gasteiger charge is 2.43. The van der Waals surface area contributed by atoms with E-state index in [4.69, 9.17) is 10.2 Å². The summed E-state index contributed by atoms with van der Waals surface area (Å²) in [4.78, 5) is 0. The Bertz CT molecular complexity index is 306. The fraction of sp³-hybridized carbons (Fsp3) is 0.667. The van der Waals surface area contributed by atoms with Gasteiger partial charge in [0.2, 0.25) is 0 Å². The molecule has 0 aliphatic heterocycles. The zero-order chi connectivity index (χ0) is 9.54. The number of fused-ring (bicyclic) bond motifs is 1. The van der Waals surface area contributed by atoms with E-state index in [1.807, 2.05) is 6.07 Å². The molecule has 14 heavy (non-hydrogen) atoms. The van der Waals surface area contributed by atoms with E-state index in [2.05, 4.69) is 0 Å². The molecule has 76 valence electrons. The fourth-order valence-corrected chi connectivity index (χ4v) is 2.95. The van der Waals surface area contributed by atoms with Gasteiger partial charge in [-0.05, 0) is 49.5 Å². The number of nitrogens with two attached hydrogens (primary N) is 1. The van der Waals surface area contributed by atoms with Crippen molar-refractivity contribution in [2.24, 2.45) is 23.5 Å². The minimum atomic E-state index is 0.204. The third kappa shape index (κ3) is 1.38. The van der Waals surface area contributed by atoms with Gasteiger partial charge >= 0.3 is 0 Å². The van der Waals surface area contributed by atoms with E-state index in [1.165, 1.54) is 31.2 Å². The minimum absolute atomic E-state index is 0.204. The zero-order valence-corrected chi connectivity index (χ0v) is 8.36. The Kier molecular flexibility index (Phi) is 1.91. The summed E-state index contributed by atoms with van der Waals surface area (Å²) in [5.74, 6) is 2.76. The first-order valence-corrected chi connectivity index (χ1v) is 5.62. The summed E-state index contributed by atoms with van der Waals surface area (Å²) >= 11 is 0. The van der Waals surface area contributed by atoms with Crippen LogP contribution in [-0.4, -0.2) is 0 Å². The zero-order valence-electron chi connectivity index (χ0n) is 8.36. The highest BCUT2D eigenvalue weighted by molar-refractivity contribution is 5.13. The van der Waals surface area contributed by atoms with Crippen molar-refractivity contribution in [3.8, 4) is 0 Å². The smallest absolute Gasteiger partial charge is 0.0950 e. The van der Waals surface area contributed by atoms with E-state index in [0.717, 1.165) is 11.8 Å². The first kappa shape index (κ1) is 8.54. The first-order valence-electron chi connectivity index (χ1n) is 5.62. The molecule has 1 heterocycles. The van der Waals surface area contributed by atoms with Crippen LogP contribution in [0.3, 0.4) is 0 Å². The number of hydrogen-bond donors (Lipinski definition) is 1. The van der Waals surface area contributed by atoms with Gasteiger partial charge in [0, 0.05) is 11.6 Å². The molecule has 2 heteroatoms. The van der Waals surface area contributed by atoms with Crippen molar-refractivity contribution >= 4 is 0 Å². The summed E-state index contributed by atoms with van der Waals surface area (Å²) in [6.07, 6.45) is 9.04. The number of rotatable bonds is 2. The van der Waals surface area contributed by atoms with Crippen LogP contribution in [0.25, 0.3) is 0 Å². The fourth-order valence-electron chi connectivity index (χ4n) is 2.95. The topological polar surface area (TPSA) is 39.2 Å². The summed E-state index contributed by atoms with van der Waals surface area (Å²) in [5.41, 5.74) is 7.41.